The Balaban J connectivity index is 2.66. The molecule has 15 heavy (non-hydrogen) atoms. The number of hydrogen-bond donors (Lipinski definition) is 1. The molecule has 0 aromatic carbocycles. The van der Waals surface area contributed by atoms with E-state index in [-0.39, 0.29) is 11.3 Å². The number of rotatable bonds is 3. The van der Waals surface area contributed by atoms with Gasteiger partial charge in [-0.1, -0.05) is 0 Å². The second-order valence-electron chi connectivity index (χ2n) is 3.00. The molecule has 0 aliphatic carbocycles. The van der Waals surface area contributed by atoms with Gasteiger partial charge in [-0.2, -0.15) is 13.2 Å². The number of nitrogens with zero attached hydrogens (tertiary/aromatic N) is 1. The van der Waals surface area contributed by atoms with Gasteiger partial charge in [0.1, 0.15) is 0 Å². The highest BCUT2D eigenvalue weighted by molar-refractivity contribution is 6.00. The normalized spacial score (nSPS) is 11.4. The van der Waals surface area contributed by atoms with Crippen molar-refractivity contribution in [1.29, 1.82) is 0 Å². The van der Waals surface area contributed by atoms with E-state index >= 15 is 0 Å². The van der Waals surface area contributed by atoms with E-state index in [0.717, 1.165) is 0 Å². The average Bonchev–Trinajstić information content (AvgIpc) is 2.14. The summed E-state index contributed by atoms with van der Waals surface area (Å²) in [5.74, 6) is -0.641. The molecule has 0 aliphatic heterocycles. The number of aromatic nitrogens is 1. The third-order valence-electron chi connectivity index (χ3n) is 1.79. The van der Waals surface area contributed by atoms with Crippen LogP contribution in [0.15, 0.2) is 18.5 Å². The Bertz CT molecular complexity index is 363. The molecule has 0 spiro atoms. The maximum Gasteiger partial charge on any atom is 0.389 e. The molecule has 0 atom stereocenters. The monoisotopic (exact) mass is 218 g/mol. The van der Waals surface area contributed by atoms with Crippen LogP contribution in [0.25, 0.3) is 0 Å². The van der Waals surface area contributed by atoms with E-state index in [1.165, 1.54) is 18.5 Å². The lowest BCUT2D eigenvalue weighted by Crippen LogP contribution is -2.12. The van der Waals surface area contributed by atoms with Crippen molar-refractivity contribution in [2.45, 2.75) is 19.0 Å². The van der Waals surface area contributed by atoms with Crippen molar-refractivity contribution < 1.29 is 18.0 Å². The van der Waals surface area contributed by atoms with Crippen LogP contribution < -0.4 is 5.73 Å². The molecular weight excluding hydrogens is 209 g/mol. The number of alkyl halides is 3. The van der Waals surface area contributed by atoms with Crippen LogP contribution in [0.4, 0.5) is 18.9 Å². The van der Waals surface area contributed by atoms with Gasteiger partial charge in [-0.3, -0.25) is 9.78 Å². The van der Waals surface area contributed by atoms with E-state index in [0.29, 0.717) is 0 Å². The summed E-state index contributed by atoms with van der Waals surface area (Å²) in [5, 5.41) is 0. The number of Topliss-reactive ketones (excluding diaryl/α,β-unsaturated/α-hetero) is 1. The minimum absolute atomic E-state index is 0.0433. The van der Waals surface area contributed by atoms with Crippen molar-refractivity contribution >= 4 is 11.5 Å². The summed E-state index contributed by atoms with van der Waals surface area (Å²) in [4.78, 5) is 14.9. The molecule has 0 radical (unpaired) electrons. The Morgan fingerprint density at radius 1 is 1.47 bits per heavy atom. The zero-order chi connectivity index (χ0) is 11.5. The molecule has 0 aliphatic rings. The van der Waals surface area contributed by atoms with Crippen LogP contribution >= 0.6 is 0 Å². The van der Waals surface area contributed by atoms with E-state index in [4.69, 9.17) is 5.73 Å². The largest absolute Gasteiger partial charge is 0.398 e. The molecule has 0 amide bonds. The van der Waals surface area contributed by atoms with Crippen LogP contribution in [-0.4, -0.2) is 16.9 Å². The van der Waals surface area contributed by atoms with Crippen molar-refractivity contribution in [3.05, 3.63) is 24.0 Å². The van der Waals surface area contributed by atoms with E-state index in [1.807, 2.05) is 0 Å². The summed E-state index contributed by atoms with van der Waals surface area (Å²) >= 11 is 0. The highest BCUT2D eigenvalue weighted by Crippen LogP contribution is 2.23. The molecule has 0 unspecified atom stereocenters. The zero-order valence-electron chi connectivity index (χ0n) is 7.71. The molecule has 0 bridgehead atoms. The molecule has 1 rings (SSSR count). The number of nitrogens with two attached hydrogens (primary N) is 1. The minimum atomic E-state index is -4.33. The van der Waals surface area contributed by atoms with Gasteiger partial charge < -0.3 is 5.73 Å². The number of ketones is 1. The lowest BCUT2D eigenvalue weighted by Gasteiger charge is -2.06. The summed E-state index contributed by atoms with van der Waals surface area (Å²) in [6, 6.07) is 1.38. The Hall–Kier alpha value is -1.59. The predicted octanol–water partition coefficient (Wildman–Crippen LogP) is 2.19. The third kappa shape index (κ3) is 3.57. The smallest absolute Gasteiger partial charge is 0.389 e. The van der Waals surface area contributed by atoms with E-state index in [1.54, 1.807) is 0 Å². The SMILES string of the molecule is Nc1ccncc1C(=O)CCC(F)(F)F. The Labute approximate surface area is 84.1 Å². The van der Waals surface area contributed by atoms with Crippen molar-refractivity contribution in [1.82, 2.24) is 4.98 Å². The summed E-state index contributed by atoms with van der Waals surface area (Å²) < 4.78 is 35.5. The topological polar surface area (TPSA) is 56.0 Å². The predicted molar refractivity (Wildman–Crippen MR) is 48.3 cm³/mol. The highest BCUT2D eigenvalue weighted by atomic mass is 19.4. The van der Waals surface area contributed by atoms with Gasteiger partial charge in [-0.15, -0.1) is 0 Å². The van der Waals surface area contributed by atoms with Crippen LogP contribution in [0.2, 0.25) is 0 Å². The first-order chi connectivity index (χ1) is 6.90. The van der Waals surface area contributed by atoms with Crippen molar-refractivity contribution in [2.75, 3.05) is 5.73 Å². The Morgan fingerprint density at radius 3 is 2.67 bits per heavy atom. The molecule has 1 aromatic rings. The summed E-state index contributed by atoms with van der Waals surface area (Å²) in [7, 11) is 0. The molecule has 0 saturated heterocycles. The fourth-order valence-corrected chi connectivity index (χ4v) is 1.03. The number of carbonyl (C=O) groups is 1. The average molecular weight is 218 g/mol. The fourth-order valence-electron chi connectivity index (χ4n) is 1.03. The third-order valence-corrected chi connectivity index (χ3v) is 1.79. The van der Waals surface area contributed by atoms with Gasteiger partial charge in [-0.25, -0.2) is 0 Å². The van der Waals surface area contributed by atoms with E-state index in [9.17, 15) is 18.0 Å². The first-order valence-corrected chi connectivity index (χ1v) is 4.19. The second kappa shape index (κ2) is 4.29. The van der Waals surface area contributed by atoms with Gasteiger partial charge in [0.15, 0.2) is 5.78 Å². The van der Waals surface area contributed by atoms with Gasteiger partial charge in [0, 0.05) is 24.5 Å². The van der Waals surface area contributed by atoms with Crippen molar-refractivity contribution in [2.24, 2.45) is 0 Å². The maximum atomic E-state index is 11.8. The number of halogens is 3. The van der Waals surface area contributed by atoms with Crippen molar-refractivity contribution in [3.63, 3.8) is 0 Å². The molecular formula is C9H9F3N2O. The van der Waals surface area contributed by atoms with E-state index in [2.05, 4.69) is 4.98 Å². The molecule has 0 fully saturated rings. The van der Waals surface area contributed by atoms with Crippen LogP contribution in [0, 0.1) is 0 Å². The van der Waals surface area contributed by atoms with Crippen LogP contribution in [0.1, 0.15) is 23.2 Å². The lowest BCUT2D eigenvalue weighted by atomic mass is 10.1. The van der Waals surface area contributed by atoms with Gasteiger partial charge in [0.25, 0.3) is 0 Å². The number of nitrogen functional groups attached to an aromatic ring is 1. The number of carbonyl (C=O) groups excluding carboxylic acids is 1. The van der Waals surface area contributed by atoms with Crippen molar-refractivity contribution in [3.8, 4) is 0 Å². The minimum Gasteiger partial charge on any atom is -0.398 e. The molecule has 3 nitrogen and oxygen atoms in total. The molecule has 2 N–H and O–H groups in total. The quantitative estimate of drug-likeness (QED) is 0.791. The highest BCUT2D eigenvalue weighted by Gasteiger charge is 2.28. The fraction of sp³-hybridized carbons (Fsp3) is 0.333. The summed E-state index contributed by atoms with van der Waals surface area (Å²) in [6.45, 7) is 0. The Morgan fingerprint density at radius 2 is 2.13 bits per heavy atom. The maximum absolute atomic E-state index is 11.8. The van der Waals surface area contributed by atoms with Gasteiger partial charge in [0.2, 0.25) is 0 Å². The molecule has 82 valence electrons. The van der Waals surface area contributed by atoms with Crippen LogP contribution in [0.5, 0.6) is 0 Å². The number of pyridine rings is 1. The first-order valence-electron chi connectivity index (χ1n) is 4.19. The summed E-state index contributed by atoms with van der Waals surface area (Å²) in [5.41, 5.74) is 5.61. The zero-order valence-corrected chi connectivity index (χ0v) is 7.71. The molecule has 1 heterocycles. The van der Waals surface area contributed by atoms with Crippen LogP contribution in [-0.2, 0) is 0 Å². The van der Waals surface area contributed by atoms with E-state index < -0.39 is 24.8 Å². The van der Waals surface area contributed by atoms with Gasteiger partial charge in [-0.05, 0) is 6.07 Å². The molecule has 0 saturated carbocycles. The number of hydrogen-bond acceptors (Lipinski definition) is 3. The van der Waals surface area contributed by atoms with Crippen LogP contribution in [0.3, 0.4) is 0 Å². The first kappa shape index (κ1) is 11.5. The standard InChI is InChI=1S/C9H9F3N2O/c10-9(11,12)3-1-8(15)6-5-14-4-2-7(6)13/h2,4-5H,1,3H2,(H2,13,14). The molecule has 6 heteroatoms. The van der Waals surface area contributed by atoms with Gasteiger partial charge >= 0.3 is 6.18 Å². The van der Waals surface area contributed by atoms with Gasteiger partial charge in [0.05, 0.1) is 12.0 Å². The lowest BCUT2D eigenvalue weighted by molar-refractivity contribution is -0.133. The number of anilines is 1. The Kier molecular flexibility index (Phi) is 3.28. The summed E-state index contributed by atoms with van der Waals surface area (Å²) in [6.07, 6.45) is -3.52. The second-order valence-corrected chi connectivity index (χ2v) is 3.00. The molecule has 1 aromatic heterocycles.